The minimum absolute atomic E-state index is 0.00140. The Kier molecular flexibility index (Phi) is 8.17. The number of aliphatic carboxylic acids is 1. The minimum Gasteiger partial charge on any atom is -0.486 e. The smallest absolute Gasteiger partial charge is 0.387 e. The van der Waals surface area contributed by atoms with Crippen LogP contribution in [-0.2, 0) is 11.2 Å². The van der Waals surface area contributed by atoms with Gasteiger partial charge in [-0.25, -0.2) is 13.6 Å². The van der Waals surface area contributed by atoms with Crippen LogP contribution in [0.25, 0.3) is 11.1 Å². The van der Waals surface area contributed by atoms with E-state index >= 15 is 0 Å². The Morgan fingerprint density at radius 3 is 2.32 bits per heavy atom. The molecule has 0 saturated carbocycles. The van der Waals surface area contributed by atoms with Gasteiger partial charge >= 0.3 is 12.6 Å². The highest BCUT2D eigenvalue weighted by molar-refractivity contribution is 6.39. The van der Waals surface area contributed by atoms with E-state index in [9.17, 15) is 32.3 Å². The zero-order chi connectivity index (χ0) is 27.6. The molecule has 0 aromatic heterocycles. The number of alkyl halides is 2. The average molecular weight is 574 g/mol. The molecule has 0 saturated heterocycles. The van der Waals surface area contributed by atoms with E-state index in [4.69, 9.17) is 32.7 Å². The first-order chi connectivity index (χ1) is 18.1. The fourth-order valence-electron chi connectivity index (χ4n) is 3.92. The summed E-state index contributed by atoms with van der Waals surface area (Å²) >= 11 is 12.4. The topological polar surface area (TPSA) is 94.1 Å². The second-order valence-corrected chi connectivity index (χ2v) is 8.75. The molecule has 38 heavy (non-hydrogen) atoms. The molecule has 0 bridgehead atoms. The van der Waals surface area contributed by atoms with Gasteiger partial charge in [0.2, 0.25) is 0 Å². The van der Waals surface area contributed by atoms with Gasteiger partial charge in [0.05, 0.1) is 10.0 Å². The molecule has 7 nitrogen and oxygen atoms in total. The average Bonchev–Trinajstić information content (AvgIpc) is 2.83. The van der Waals surface area contributed by atoms with E-state index in [1.807, 2.05) is 0 Å². The summed E-state index contributed by atoms with van der Waals surface area (Å²) in [6, 6.07) is 6.34. The highest BCUT2D eigenvalue weighted by Crippen LogP contribution is 2.47. The van der Waals surface area contributed by atoms with Crippen molar-refractivity contribution in [2.24, 2.45) is 0 Å². The van der Waals surface area contributed by atoms with Crippen LogP contribution in [0.4, 0.5) is 17.6 Å². The van der Waals surface area contributed by atoms with E-state index in [2.05, 4.69) is 10.1 Å². The summed E-state index contributed by atoms with van der Waals surface area (Å²) in [7, 11) is 0. The first kappa shape index (κ1) is 27.3. The lowest BCUT2D eigenvalue weighted by Gasteiger charge is -2.25. The molecule has 4 rings (SSSR count). The van der Waals surface area contributed by atoms with Crippen LogP contribution in [0.2, 0.25) is 10.0 Å². The Morgan fingerprint density at radius 1 is 1.03 bits per heavy atom. The van der Waals surface area contributed by atoms with E-state index in [1.54, 1.807) is 0 Å². The normalized spacial score (nSPS) is 13.2. The zero-order valence-corrected chi connectivity index (χ0v) is 20.6. The van der Waals surface area contributed by atoms with Crippen LogP contribution in [0.5, 0.6) is 17.2 Å². The Morgan fingerprint density at radius 2 is 1.68 bits per heavy atom. The predicted octanol–water partition coefficient (Wildman–Crippen LogP) is 5.74. The van der Waals surface area contributed by atoms with Crippen LogP contribution in [0.1, 0.15) is 15.9 Å². The number of hydrogen-bond acceptors (Lipinski definition) is 5. The van der Waals surface area contributed by atoms with E-state index in [-0.39, 0.29) is 52.3 Å². The molecular weight excluding hydrogens is 557 g/mol. The lowest BCUT2D eigenvalue weighted by atomic mass is 9.97. The number of rotatable bonds is 8. The third kappa shape index (κ3) is 5.73. The second-order valence-electron chi connectivity index (χ2n) is 7.93. The first-order valence-corrected chi connectivity index (χ1v) is 11.7. The molecule has 1 amide bonds. The summed E-state index contributed by atoms with van der Waals surface area (Å²) < 4.78 is 69.2. The number of carboxylic acids is 1. The summed E-state index contributed by atoms with van der Waals surface area (Å²) in [5.41, 5.74) is 0.0198. The van der Waals surface area contributed by atoms with Crippen LogP contribution in [0.15, 0.2) is 42.5 Å². The van der Waals surface area contributed by atoms with Crippen molar-refractivity contribution in [3.63, 3.8) is 0 Å². The molecule has 0 fully saturated rings. The summed E-state index contributed by atoms with van der Waals surface area (Å²) in [4.78, 5) is 24.7. The fourth-order valence-corrected chi connectivity index (χ4v) is 4.58. The largest absolute Gasteiger partial charge is 0.486 e. The molecule has 1 atom stereocenters. The molecule has 2 N–H and O–H groups in total. The molecule has 0 spiro atoms. The molecule has 3 aromatic carbocycles. The third-order valence-corrected chi connectivity index (χ3v) is 6.09. The number of nitrogens with one attached hydrogen (secondary N) is 1. The van der Waals surface area contributed by atoms with Crippen LogP contribution < -0.4 is 19.5 Å². The van der Waals surface area contributed by atoms with Crippen molar-refractivity contribution >= 4 is 35.1 Å². The van der Waals surface area contributed by atoms with Crippen molar-refractivity contribution < 1.29 is 46.5 Å². The lowest BCUT2D eigenvalue weighted by molar-refractivity contribution is -0.139. The lowest BCUT2D eigenvalue weighted by Crippen LogP contribution is -2.43. The summed E-state index contributed by atoms with van der Waals surface area (Å²) in [5.74, 6) is -5.06. The monoisotopic (exact) mass is 573 g/mol. The standard InChI is InChI=1S/C25H17Cl2F4NO6/c26-14-9-12(28)10-15(27)19(14)13-5-4-11(21-22(13)37-7-6-36-21)8-17(24(34)35)32-23(33)20-16(29)2-1-3-18(20)38-25(30)31/h1-5,9-10,17,25H,6-8H2,(H,32,33)(H,34,35)/t17-/m0/s1. The maximum atomic E-state index is 14.3. The molecule has 0 radical (unpaired) electrons. The molecule has 1 aliphatic rings. The third-order valence-electron chi connectivity index (χ3n) is 5.49. The van der Waals surface area contributed by atoms with Crippen LogP contribution >= 0.6 is 23.2 Å². The number of fused-ring (bicyclic) bond motifs is 1. The Labute approximate surface area is 222 Å². The molecule has 3 aromatic rings. The molecule has 1 aliphatic heterocycles. The summed E-state index contributed by atoms with van der Waals surface area (Å²) in [5, 5.41) is 11.9. The Balaban J connectivity index is 1.68. The number of amides is 1. The number of carboxylic acid groups (broad SMARTS) is 1. The van der Waals surface area contributed by atoms with Crippen molar-refractivity contribution in [1.29, 1.82) is 0 Å². The van der Waals surface area contributed by atoms with Crippen molar-refractivity contribution in [3.05, 3.63) is 75.3 Å². The van der Waals surface area contributed by atoms with E-state index in [0.717, 1.165) is 30.3 Å². The molecular formula is C25H17Cl2F4NO6. The minimum atomic E-state index is -3.34. The number of carbonyl (C=O) groups excluding carboxylic acids is 1. The molecule has 1 heterocycles. The van der Waals surface area contributed by atoms with Gasteiger partial charge in [-0.3, -0.25) is 4.79 Å². The van der Waals surface area contributed by atoms with Gasteiger partial charge in [-0.15, -0.1) is 0 Å². The van der Waals surface area contributed by atoms with Crippen molar-refractivity contribution in [2.75, 3.05) is 13.2 Å². The van der Waals surface area contributed by atoms with Crippen molar-refractivity contribution in [1.82, 2.24) is 5.32 Å². The van der Waals surface area contributed by atoms with Gasteiger partial charge in [-0.1, -0.05) is 35.3 Å². The van der Waals surface area contributed by atoms with Gasteiger partial charge < -0.3 is 24.6 Å². The zero-order valence-electron chi connectivity index (χ0n) is 19.1. The van der Waals surface area contributed by atoms with Crippen molar-refractivity contribution in [3.8, 4) is 28.4 Å². The Hall–Kier alpha value is -3.70. The van der Waals surface area contributed by atoms with Crippen molar-refractivity contribution in [2.45, 2.75) is 19.1 Å². The second kappa shape index (κ2) is 11.4. The summed E-state index contributed by atoms with van der Waals surface area (Å²) in [6.45, 7) is -3.09. The predicted molar refractivity (Wildman–Crippen MR) is 128 cm³/mol. The molecule has 13 heteroatoms. The van der Waals surface area contributed by atoms with Gasteiger partial charge in [0, 0.05) is 23.1 Å². The van der Waals surface area contributed by atoms with E-state index < -0.39 is 47.5 Å². The van der Waals surface area contributed by atoms with Gasteiger partial charge in [-0.05, 0) is 30.3 Å². The fraction of sp³-hybridized carbons (Fsp3) is 0.200. The molecule has 200 valence electrons. The van der Waals surface area contributed by atoms with E-state index in [0.29, 0.717) is 5.56 Å². The SMILES string of the molecule is O=C(N[C@@H](Cc1ccc(-c2c(Cl)cc(F)cc2Cl)c2c1OCCO2)C(=O)O)c1c(F)cccc1OC(F)F. The van der Waals surface area contributed by atoms with Crippen LogP contribution in [0, 0.1) is 11.6 Å². The van der Waals surface area contributed by atoms with Crippen LogP contribution in [-0.4, -0.2) is 42.9 Å². The highest BCUT2D eigenvalue weighted by Gasteiger charge is 2.30. The van der Waals surface area contributed by atoms with Gasteiger partial charge in [0.1, 0.15) is 42.2 Å². The quantitative estimate of drug-likeness (QED) is 0.334. The van der Waals surface area contributed by atoms with Crippen LogP contribution in [0.3, 0.4) is 0 Å². The Bertz CT molecular complexity index is 1380. The number of benzene rings is 3. The number of ether oxygens (including phenoxy) is 3. The molecule has 0 aliphatic carbocycles. The molecule has 0 unspecified atom stereocenters. The summed E-state index contributed by atoms with van der Waals surface area (Å²) in [6.07, 6.45) is -0.364. The first-order valence-electron chi connectivity index (χ1n) is 10.9. The number of carbonyl (C=O) groups is 2. The number of hydrogen-bond donors (Lipinski definition) is 2. The highest BCUT2D eigenvalue weighted by atomic mass is 35.5. The van der Waals surface area contributed by atoms with Gasteiger partial charge in [0.25, 0.3) is 5.91 Å². The number of halogens is 6. The van der Waals surface area contributed by atoms with Gasteiger partial charge in [0.15, 0.2) is 11.5 Å². The van der Waals surface area contributed by atoms with E-state index in [1.165, 1.54) is 12.1 Å². The maximum Gasteiger partial charge on any atom is 0.387 e. The maximum absolute atomic E-state index is 14.3. The van der Waals surface area contributed by atoms with Gasteiger partial charge in [-0.2, -0.15) is 8.78 Å².